The molecule has 2 aromatic heterocycles. The number of imidazole rings is 1. The maximum absolute atomic E-state index is 13.3. The van der Waals surface area contributed by atoms with E-state index in [4.69, 9.17) is 4.98 Å². The standard InChI is InChI=1S/C28H24N4O2S/c1-3-32(24-14-8-10-19-9-4-5-11-20(19)24)26(33)18-35-25-17-22(21-12-6-7-13-23(21)30-25)27(34)28-29-15-16-31(28)2/h4-17H,3,18H2,1-2H3. The zero-order chi connectivity index (χ0) is 24.4. The molecule has 0 bridgehead atoms. The second-order valence-corrected chi connectivity index (χ2v) is 9.14. The Labute approximate surface area is 207 Å². The van der Waals surface area contributed by atoms with E-state index in [1.807, 2.05) is 73.7 Å². The lowest BCUT2D eigenvalue weighted by Gasteiger charge is -2.22. The summed E-state index contributed by atoms with van der Waals surface area (Å²) in [5.74, 6) is 0.385. The smallest absolute Gasteiger partial charge is 0.237 e. The fourth-order valence-corrected chi connectivity index (χ4v) is 5.05. The van der Waals surface area contributed by atoms with Crippen molar-refractivity contribution in [1.82, 2.24) is 14.5 Å². The molecule has 0 fully saturated rings. The van der Waals surface area contributed by atoms with E-state index in [-0.39, 0.29) is 17.4 Å². The Morgan fingerprint density at radius 2 is 1.71 bits per heavy atom. The van der Waals surface area contributed by atoms with Gasteiger partial charge in [0.25, 0.3) is 0 Å². The van der Waals surface area contributed by atoms with Crippen LogP contribution < -0.4 is 4.90 Å². The van der Waals surface area contributed by atoms with Crippen molar-refractivity contribution in [1.29, 1.82) is 0 Å². The van der Waals surface area contributed by atoms with Crippen molar-refractivity contribution in [3.63, 3.8) is 0 Å². The molecule has 0 aliphatic carbocycles. The Hall–Kier alpha value is -3.97. The summed E-state index contributed by atoms with van der Waals surface area (Å²) in [7, 11) is 1.80. The number of aryl methyl sites for hydroxylation is 1. The Kier molecular flexibility index (Phi) is 6.33. The Balaban J connectivity index is 1.44. The van der Waals surface area contributed by atoms with Gasteiger partial charge in [0.05, 0.1) is 22.0 Å². The van der Waals surface area contributed by atoms with Gasteiger partial charge >= 0.3 is 0 Å². The molecule has 3 aromatic carbocycles. The van der Waals surface area contributed by atoms with E-state index in [0.29, 0.717) is 28.5 Å². The van der Waals surface area contributed by atoms with Crippen LogP contribution in [0.3, 0.4) is 0 Å². The third kappa shape index (κ3) is 4.42. The zero-order valence-corrected chi connectivity index (χ0v) is 20.3. The van der Waals surface area contributed by atoms with Crippen molar-refractivity contribution in [2.24, 2.45) is 7.05 Å². The van der Waals surface area contributed by atoms with Gasteiger partial charge < -0.3 is 9.47 Å². The van der Waals surface area contributed by atoms with Gasteiger partial charge in [-0.1, -0.05) is 66.4 Å². The van der Waals surface area contributed by atoms with Gasteiger partial charge in [-0.2, -0.15) is 0 Å². The summed E-state index contributed by atoms with van der Waals surface area (Å²) in [5, 5.41) is 3.53. The molecular weight excluding hydrogens is 456 g/mol. The highest BCUT2D eigenvalue weighted by Crippen LogP contribution is 2.29. The SMILES string of the molecule is CCN(C(=O)CSc1cc(C(=O)c2nccn2C)c2ccccc2n1)c1cccc2ccccc12. The van der Waals surface area contributed by atoms with Crippen molar-refractivity contribution in [3.05, 3.63) is 96.6 Å². The summed E-state index contributed by atoms with van der Waals surface area (Å²) in [6.45, 7) is 2.53. The van der Waals surface area contributed by atoms with Crippen molar-refractivity contribution in [2.75, 3.05) is 17.2 Å². The number of hydrogen-bond acceptors (Lipinski definition) is 5. The zero-order valence-electron chi connectivity index (χ0n) is 19.5. The minimum atomic E-state index is -0.171. The molecule has 5 rings (SSSR count). The number of benzene rings is 3. The van der Waals surface area contributed by atoms with Gasteiger partial charge in [-0.05, 0) is 30.5 Å². The van der Waals surface area contributed by atoms with Gasteiger partial charge in [0.15, 0.2) is 5.82 Å². The predicted octanol–water partition coefficient (Wildman–Crippen LogP) is 5.50. The highest BCUT2D eigenvalue weighted by Gasteiger charge is 2.20. The van der Waals surface area contributed by atoms with Crippen molar-refractivity contribution >= 4 is 50.8 Å². The van der Waals surface area contributed by atoms with Crippen LogP contribution in [0.2, 0.25) is 0 Å². The average molecular weight is 481 g/mol. The van der Waals surface area contributed by atoms with Crippen LogP contribution in [0.4, 0.5) is 5.69 Å². The minimum Gasteiger partial charge on any atom is -0.331 e. The van der Waals surface area contributed by atoms with Crippen LogP contribution in [-0.2, 0) is 11.8 Å². The molecule has 0 radical (unpaired) electrons. The van der Waals surface area contributed by atoms with Crippen molar-refractivity contribution in [2.45, 2.75) is 11.9 Å². The molecule has 0 aliphatic heterocycles. The van der Waals surface area contributed by atoms with Gasteiger partial charge in [-0.25, -0.2) is 9.97 Å². The molecule has 7 heteroatoms. The monoisotopic (exact) mass is 480 g/mol. The maximum Gasteiger partial charge on any atom is 0.237 e. The van der Waals surface area contributed by atoms with Gasteiger partial charge in [0, 0.05) is 42.3 Å². The largest absolute Gasteiger partial charge is 0.331 e. The van der Waals surface area contributed by atoms with Gasteiger partial charge in [0.2, 0.25) is 11.7 Å². The summed E-state index contributed by atoms with van der Waals surface area (Å²) in [5.41, 5.74) is 2.14. The molecule has 0 saturated carbocycles. The van der Waals surface area contributed by atoms with Crippen molar-refractivity contribution in [3.8, 4) is 0 Å². The maximum atomic E-state index is 13.3. The van der Waals surface area contributed by atoms with Gasteiger partial charge in [0.1, 0.15) is 0 Å². The number of aromatic nitrogens is 3. The molecule has 35 heavy (non-hydrogen) atoms. The Morgan fingerprint density at radius 3 is 2.49 bits per heavy atom. The van der Waals surface area contributed by atoms with Crippen LogP contribution >= 0.6 is 11.8 Å². The lowest BCUT2D eigenvalue weighted by Crippen LogP contribution is -2.32. The highest BCUT2D eigenvalue weighted by molar-refractivity contribution is 7.99. The number of thioether (sulfide) groups is 1. The molecule has 174 valence electrons. The Bertz CT molecular complexity index is 1550. The number of para-hydroxylation sites is 1. The minimum absolute atomic E-state index is 0.0132. The number of anilines is 1. The first-order valence-electron chi connectivity index (χ1n) is 11.4. The summed E-state index contributed by atoms with van der Waals surface area (Å²) < 4.78 is 1.71. The average Bonchev–Trinajstić information content (AvgIpc) is 3.33. The van der Waals surface area contributed by atoms with E-state index in [1.165, 1.54) is 11.8 Å². The Morgan fingerprint density at radius 1 is 0.971 bits per heavy atom. The molecule has 0 aliphatic rings. The molecule has 0 unspecified atom stereocenters. The third-order valence-electron chi connectivity index (χ3n) is 5.98. The second-order valence-electron chi connectivity index (χ2n) is 8.14. The predicted molar refractivity (Wildman–Crippen MR) is 141 cm³/mol. The lowest BCUT2D eigenvalue weighted by atomic mass is 10.1. The van der Waals surface area contributed by atoms with Crippen LogP contribution in [0.5, 0.6) is 0 Å². The number of carbonyl (C=O) groups excluding carboxylic acids is 2. The quantitative estimate of drug-likeness (QED) is 0.227. The van der Waals surface area contributed by atoms with Crippen LogP contribution in [0.15, 0.2) is 90.2 Å². The number of ketones is 1. The molecular formula is C28H24N4O2S. The van der Waals surface area contributed by atoms with E-state index in [9.17, 15) is 9.59 Å². The number of carbonyl (C=O) groups is 2. The van der Waals surface area contributed by atoms with Crippen LogP contribution in [0.1, 0.15) is 23.1 Å². The van der Waals surface area contributed by atoms with E-state index in [0.717, 1.165) is 21.8 Å². The van der Waals surface area contributed by atoms with E-state index in [1.54, 1.807) is 35.0 Å². The number of rotatable bonds is 7. The molecule has 0 spiro atoms. The van der Waals surface area contributed by atoms with E-state index < -0.39 is 0 Å². The molecule has 0 atom stereocenters. The molecule has 2 heterocycles. The first kappa shape index (κ1) is 22.8. The van der Waals surface area contributed by atoms with Crippen molar-refractivity contribution < 1.29 is 9.59 Å². The second kappa shape index (κ2) is 9.72. The highest BCUT2D eigenvalue weighted by atomic mass is 32.2. The molecule has 0 N–H and O–H groups in total. The first-order valence-corrected chi connectivity index (χ1v) is 12.4. The number of nitrogens with zero attached hydrogens (tertiary/aromatic N) is 4. The van der Waals surface area contributed by atoms with E-state index in [2.05, 4.69) is 4.98 Å². The number of pyridine rings is 1. The third-order valence-corrected chi connectivity index (χ3v) is 6.88. The summed E-state index contributed by atoms with van der Waals surface area (Å²) >= 11 is 1.34. The normalized spacial score (nSPS) is 11.1. The molecule has 0 saturated heterocycles. The fraction of sp³-hybridized carbons (Fsp3) is 0.143. The number of hydrogen-bond donors (Lipinski definition) is 0. The lowest BCUT2D eigenvalue weighted by molar-refractivity contribution is -0.116. The molecule has 1 amide bonds. The number of fused-ring (bicyclic) bond motifs is 2. The van der Waals surface area contributed by atoms with Crippen LogP contribution in [-0.4, -0.2) is 38.5 Å². The topological polar surface area (TPSA) is 68.1 Å². The summed E-state index contributed by atoms with van der Waals surface area (Å²) in [6.07, 6.45) is 3.36. The van der Waals surface area contributed by atoms with Gasteiger partial charge in [-0.3, -0.25) is 9.59 Å². The summed E-state index contributed by atoms with van der Waals surface area (Å²) in [4.78, 5) is 37.3. The first-order chi connectivity index (χ1) is 17.1. The number of amides is 1. The van der Waals surface area contributed by atoms with Crippen LogP contribution in [0.25, 0.3) is 21.7 Å². The van der Waals surface area contributed by atoms with E-state index >= 15 is 0 Å². The molecule has 6 nitrogen and oxygen atoms in total. The van der Waals surface area contributed by atoms with Crippen LogP contribution in [0, 0.1) is 0 Å². The fourth-order valence-electron chi connectivity index (χ4n) is 4.26. The summed E-state index contributed by atoms with van der Waals surface area (Å²) in [6, 6.07) is 23.4. The molecule has 5 aromatic rings. The van der Waals surface area contributed by atoms with Gasteiger partial charge in [-0.15, -0.1) is 0 Å².